The van der Waals surface area contributed by atoms with Crippen LogP contribution in [0.25, 0.3) is 0 Å². The van der Waals surface area contributed by atoms with Gasteiger partial charge in [0.25, 0.3) is 0 Å². The number of rotatable bonds is 15. The van der Waals surface area contributed by atoms with Crippen molar-refractivity contribution in [2.45, 2.75) is 97.4 Å². The predicted molar refractivity (Wildman–Crippen MR) is 126 cm³/mol. The van der Waals surface area contributed by atoms with Gasteiger partial charge in [-0.3, -0.25) is 0 Å². The molecule has 28 heavy (non-hydrogen) atoms. The monoisotopic (exact) mass is 430 g/mol. The van der Waals surface area contributed by atoms with Gasteiger partial charge in [0, 0.05) is 20.8 Å². The first-order chi connectivity index (χ1) is 13.1. The SMILES string of the molecule is C/C=C(\O[Si](C)(C)C)[C@H](OC)[C@@H](O[Si](CC)(CC)CC)/C(C)=C/CCCOC. The molecule has 0 saturated heterocycles. The van der Waals surface area contributed by atoms with Crippen molar-refractivity contribution in [1.29, 1.82) is 0 Å². The Hall–Kier alpha value is -0.406. The Morgan fingerprint density at radius 1 is 0.964 bits per heavy atom. The largest absolute Gasteiger partial charge is 0.546 e. The van der Waals surface area contributed by atoms with Crippen molar-refractivity contribution in [3.8, 4) is 0 Å². The Labute approximate surface area is 176 Å². The molecule has 0 aromatic heterocycles. The Kier molecular flexibility index (Phi) is 13.6. The first kappa shape index (κ1) is 27.6. The van der Waals surface area contributed by atoms with Gasteiger partial charge in [-0.1, -0.05) is 26.8 Å². The zero-order valence-corrected chi connectivity index (χ0v) is 22.2. The van der Waals surface area contributed by atoms with Gasteiger partial charge in [0.2, 0.25) is 8.32 Å². The molecule has 2 atom stereocenters. The van der Waals surface area contributed by atoms with E-state index in [1.807, 2.05) is 13.0 Å². The van der Waals surface area contributed by atoms with E-state index in [0.29, 0.717) is 0 Å². The summed E-state index contributed by atoms with van der Waals surface area (Å²) in [5.41, 5.74) is 1.23. The Morgan fingerprint density at radius 3 is 1.93 bits per heavy atom. The minimum atomic E-state index is -1.81. The Bertz CT molecular complexity index is 471. The van der Waals surface area contributed by atoms with Crippen molar-refractivity contribution < 1.29 is 18.3 Å². The third-order valence-corrected chi connectivity index (χ3v) is 10.8. The quantitative estimate of drug-likeness (QED) is 0.128. The van der Waals surface area contributed by atoms with E-state index in [9.17, 15) is 0 Å². The molecule has 0 aromatic rings. The molecule has 0 aliphatic rings. The van der Waals surface area contributed by atoms with Gasteiger partial charge in [-0.2, -0.15) is 0 Å². The number of methoxy groups -OCH3 is 2. The number of hydrogen-bond acceptors (Lipinski definition) is 4. The highest BCUT2D eigenvalue weighted by molar-refractivity contribution is 6.73. The molecule has 0 bridgehead atoms. The van der Waals surface area contributed by atoms with E-state index in [4.69, 9.17) is 18.3 Å². The summed E-state index contributed by atoms with van der Waals surface area (Å²) in [5.74, 6) is 0.905. The van der Waals surface area contributed by atoms with Crippen molar-refractivity contribution in [2.75, 3.05) is 20.8 Å². The predicted octanol–water partition coefficient (Wildman–Crippen LogP) is 6.52. The molecule has 0 aliphatic carbocycles. The van der Waals surface area contributed by atoms with Gasteiger partial charge in [-0.25, -0.2) is 0 Å². The van der Waals surface area contributed by atoms with Gasteiger partial charge < -0.3 is 18.3 Å². The van der Waals surface area contributed by atoms with Gasteiger partial charge >= 0.3 is 0 Å². The summed E-state index contributed by atoms with van der Waals surface area (Å²) in [5, 5.41) is 0. The standard InChI is InChI=1S/C22H46O4Si2/c1-11-20(25-27(8,9)10)22(24-7)21(19(5)17-15-16-18-23-6)26-28(12-2,13-3)14-4/h11,17,21-22H,12-16,18H2,1-10H3/b19-17+,20-11-/t21-,22-/m0/s1. The lowest BCUT2D eigenvalue weighted by molar-refractivity contribution is 0.0149. The second-order valence-electron chi connectivity index (χ2n) is 8.43. The van der Waals surface area contributed by atoms with Gasteiger partial charge in [0.15, 0.2) is 8.32 Å². The maximum absolute atomic E-state index is 6.96. The van der Waals surface area contributed by atoms with Crippen LogP contribution in [0, 0.1) is 0 Å². The third-order valence-electron chi connectivity index (χ3n) is 5.30. The normalized spacial score (nSPS) is 16.2. The molecular weight excluding hydrogens is 384 g/mol. The zero-order chi connectivity index (χ0) is 21.8. The smallest absolute Gasteiger partial charge is 0.241 e. The Balaban J connectivity index is 5.88. The lowest BCUT2D eigenvalue weighted by atomic mass is 10.0. The number of hydrogen-bond donors (Lipinski definition) is 0. The highest BCUT2D eigenvalue weighted by Gasteiger charge is 2.38. The lowest BCUT2D eigenvalue weighted by Crippen LogP contribution is -2.47. The highest BCUT2D eigenvalue weighted by atomic mass is 28.4. The lowest BCUT2D eigenvalue weighted by Gasteiger charge is -2.39. The van der Waals surface area contributed by atoms with Crippen LogP contribution < -0.4 is 0 Å². The molecule has 4 nitrogen and oxygen atoms in total. The average molecular weight is 431 g/mol. The van der Waals surface area contributed by atoms with Crippen LogP contribution in [0.1, 0.15) is 47.5 Å². The molecule has 0 aromatic carbocycles. The van der Waals surface area contributed by atoms with Crippen molar-refractivity contribution >= 4 is 16.6 Å². The minimum Gasteiger partial charge on any atom is -0.546 e. The van der Waals surface area contributed by atoms with Crippen LogP contribution >= 0.6 is 0 Å². The molecule has 0 amide bonds. The molecule has 0 rings (SSSR count). The molecule has 0 heterocycles. The highest BCUT2D eigenvalue weighted by Crippen LogP contribution is 2.31. The van der Waals surface area contributed by atoms with E-state index in [0.717, 1.165) is 43.3 Å². The number of ether oxygens (including phenoxy) is 2. The molecule has 6 heteroatoms. The second kappa shape index (κ2) is 13.7. The fraction of sp³-hybridized carbons (Fsp3) is 0.818. The van der Waals surface area contributed by atoms with Gasteiger partial charge in [0.05, 0.1) is 6.10 Å². The fourth-order valence-corrected chi connectivity index (χ4v) is 7.15. The fourth-order valence-electron chi connectivity index (χ4n) is 3.36. The second-order valence-corrected chi connectivity index (χ2v) is 17.6. The third kappa shape index (κ3) is 9.39. The van der Waals surface area contributed by atoms with Crippen LogP contribution in [0.3, 0.4) is 0 Å². The van der Waals surface area contributed by atoms with Crippen LogP contribution in [0.2, 0.25) is 37.8 Å². The van der Waals surface area contributed by atoms with Crippen LogP contribution in [-0.2, 0) is 18.3 Å². The number of unbranched alkanes of at least 4 members (excludes halogenated alkanes) is 1. The minimum absolute atomic E-state index is 0.110. The summed E-state index contributed by atoms with van der Waals surface area (Å²) in [6.45, 7) is 18.4. The molecule has 0 unspecified atom stereocenters. The van der Waals surface area contributed by atoms with E-state index < -0.39 is 16.6 Å². The van der Waals surface area contributed by atoms with Crippen LogP contribution in [0.5, 0.6) is 0 Å². The van der Waals surface area contributed by atoms with E-state index in [1.165, 1.54) is 5.57 Å². The molecular formula is C22H46O4Si2. The zero-order valence-electron chi connectivity index (χ0n) is 20.2. The van der Waals surface area contributed by atoms with Crippen molar-refractivity contribution in [1.82, 2.24) is 0 Å². The molecule has 0 spiro atoms. The van der Waals surface area contributed by atoms with E-state index in [2.05, 4.69) is 53.4 Å². The number of allylic oxidation sites excluding steroid dienone is 2. The van der Waals surface area contributed by atoms with Gasteiger partial charge in [0.1, 0.15) is 11.9 Å². The molecule has 0 saturated carbocycles. The van der Waals surface area contributed by atoms with Crippen LogP contribution in [0.15, 0.2) is 23.5 Å². The van der Waals surface area contributed by atoms with E-state index in [-0.39, 0.29) is 12.2 Å². The van der Waals surface area contributed by atoms with Crippen molar-refractivity contribution in [3.05, 3.63) is 23.5 Å². The van der Waals surface area contributed by atoms with E-state index in [1.54, 1.807) is 14.2 Å². The molecule has 0 N–H and O–H groups in total. The molecule has 0 radical (unpaired) electrons. The summed E-state index contributed by atoms with van der Waals surface area (Å²) in [7, 11) is -0.0436. The summed E-state index contributed by atoms with van der Waals surface area (Å²) in [6, 6.07) is 3.35. The summed E-state index contributed by atoms with van der Waals surface area (Å²) >= 11 is 0. The van der Waals surface area contributed by atoms with Crippen LogP contribution in [0.4, 0.5) is 0 Å². The van der Waals surface area contributed by atoms with Crippen LogP contribution in [-0.4, -0.2) is 49.7 Å². The molecule has 0 aliphatic heterocycles. The maximum Gasteiger partial charge on any atom is 0.241 e. The maximum atomic E-state index is 6.96. The van der Waals surface area contributed by atoms with Crippen molar-refractivity contribution in [3.63, 3.8) is 0 Å². The van der Waals surface area contributed by atoms with Gasteiger partial charge in [-0.05, 0) is 76.1 Å². The van der Waals surface area contributed by atoms with Crippen molar-refractivity contribution in [2.24, 2.45) is 0 Å². The molecule has 166 valence electrons. The molecule has 0 fully saturated rings. The summed E-state index contributed by atoms with van der Waals surface area (Å²) < 4.78 is 24.5. The first-order valence-electron chi connectivity index (χ1n) is 10.8. The van der Waals surface area contributed by atoms with E-state index >= 15 is 0 Å². The summed E-state index contributed by atoms with van der Waals surface area (Å²) in [6.07, 6.45) is 6.01. The summed E-state index contributed by atoms with van der Waals surface area (Å²) in [4.78, 5) is 0. The van der Waals surface area contributed by atoms with Gasteiger partial charge in [-0.15, -0.1) is 0 Å². The Morgan fingerprint density at radius 2 is 1.54 bits per heavy atom. The average Bonchev–Trinajstić information content (AvgIpc) is 2.66. The topological polar surface area (TPSA) is 36.9 Å². The first-order valence-corrected chi connectivity index (χ1v) is 16.8.